The van der Waals surface area contributed by atoms with Crippen LogP contribution >= 0.6 is 23.1 Å². The van der Waals surface area contributed by atoms with Crippen molar-refractivity contribution >= 4 is 34.1 Å². The van der Waals surface area contributed by atoms with E-state index < -0.39 is 0 Å². The first-order valence-electron chi connectivity index (χ1n) is 7.13. The molecule has 0 saturated carbocycles. The van der Waals surface area contributed by atoms with Gasteiger partial charge < -0.3 is 14.8 Å². The van der Waals surface area contributed by atoms with Gasteiger partial charge in [0.2, 0.25) is 11.0 Å². The van der Waals surface area contributed by atoms with Crippen molar-refractivity contribution in [3.8, 4) is 11.5 Å². The number of hydrogen-bond acceptors (Lipinski definition) is 7. The number of methoxy groups -OCH3 is 1. The molecule has 1 amide bonds. The van der Waals surface area contributed by atoms with E-state index in [9.17, 15) is 4.79 Å². The molecule has 1 aromatic heterocycles. The molecule has 0 fully saturated rings. The second kappa shape index (κ2) is 8.73. The summed E-state index contributed by atoms with van der Waals surface area (Å²) in [5.41, 5.74) is 1.02. The lowest BCUT2D eigenvalue weighted by Crippen LogP contribution is -2.12. The Bertz CT molecular complexity index is 661. The molecule has 23 heavy (non-hydrogen) atoms. The van der Waals surface area contributed by atoms with Gasteiger partial charge in [-0.15, -0.1) is 10.2 Å². The monoisotopic (exact) mass is 353 g/mol. The van der Waals surface area contributed by atoms with Gasteiger partial charge in [-0.2, -0.15) is 0 Å². The zero-order valence-corrected chi connectivity index (χ0v) is 14.9. The summed E-state index contributed by atoms with van der Waals surface area (Å²) < 4.78 is 11.6. The van der Waals surface area contributed by atoms with Gasteiger partial charge in [-0.05, 0) is 37.3 Å². The van der Waals surface area contributed by atoms with E-state index in [0.717, 1.165) is 9.90 Å². The zero-order valence-electron chi connectivity index (χ0n) is 13.3. The Morgan fingerprint density at radius 1 is 1.35 bits per heavy atom. The summed E-state index contributed by atoms with van der Waals surface area (Å²) in [4.78, 5) is 12.0. The molecule has 2 rings (SSSR count). The summed E-state index contributed by atoms with van der Waals surface area (Å²) in [7, 11) is 1.60. The number of hydrogen-bond donors (Lipinski definition) is 1. The molecule has 0 bridgehead atoms. The molecule has 1 N–H and O–H groups in total. The maximum absolute atomic E-state index is 12.0. The fourth-order valence-electron chi connectivity index (χ4n) is 1.92. The van der Waals surface area contributed by atoms with Crippen LogP contribution < -0.4 is 14.8 Å². The molecular formula is C15H19N3O3S2. The molecule has 0 unspecified atom stereocenters. The first-order chi connectivity index (χ1) is 11.2. The van der Waals surface area contributed by atoms with Crippen LogP contribution in [0.5, 0.6) is 11.5 Å². The van der Waals surface area contributed by atoms with Crippen molar-refractivity contribution < 1.29 is 14.3 Å². The third kappa shape index (κ3) is 5.11. The standard InChI is InChI=1S/C15H19N3O3S2/c1-4-21-11-7-5-10(9-12(11)20-2)6-8-13(19)16-14-17-18-15(22-3)23-14/h5,7,9H,4,6,8H2,1-3H3,(H,16,17,19). The van der Waals surface area contributed by atoms with Gasteiger partial charge in [0.1, 0.15) is 0 Å². The fourth-order valence-corrected chi connectivity index (χ4v) is 3.11. The average molecular weight is 353 g/mol. The van der Waals surface area contributed by atoms with Crippen molar-refractivity contribution in [3.63, 3.8) is 0 Å². The van der Waals surface area contributed by atoms with E-state index in [2.05, 4.69) is 15.5 Å². The highest BCUT2D eigenvalue weighted by molar-refractivity contribution is 8.00. The summed E-state index contributed by atoms with van der Waals surface area (Å²) in [5.74, 6) is 1.31. The molecule has 8 heteroatoms. The van der Waals surface area contributed by atoms with Gasteiger partial charge in [0.25, 0.3) is 0 Å². The molecule has 0 radical (unpaired) electrons. The van der Waals surface area contributed by atoms with E-state index in [0.29, 0.717) is 36.1 Å². The van der Waals surface area contributed by atoms with E-state index in [1.54, 1.807) is 7.11 Å². The smallest absolute Gasteiger partial charge is 0.226 e. The van der Waals surface area contributed by atoms with Crippen LogP contribution in [0.2, 0.25) is 0 Å². The van der Waals surface area contributed by atoms with Crippen LogP contribution in [0.3, 0.4) is 0 Å². The Kier molecular flexibility index (Phi) is 6.66. The van der Waals surface area contributed by atoms with Crippen LogP contribution in [0, 0.1) is 0 Å². The van der Waals surface area contributed by atoms with Crippen molar-refractivity contribution in [1.29, 1.82) is 0 Å². The summed E-state index contributed by atoms with van der Waals surface area (Å²) >= 11 is 2.87. The van der Waals surface area contributed by atoms with Crippen molar-refractivity contribution in [2.75, 3.05) is 25.3 Å². The minimum absolute atomic E-state index is 0.0818. The Hall–Kier alpha value is -1.80. The molecule has 2 aromatic rings. The topological polar surface area (TPSA) is 73.3 Å². The highest BCUT2D eigenvalue weighted by Gasteiger charge is 2.10. The van der Waals surface area contributed by atoms with Gasteiger partial charge >= 0.3 is 0 Å². The van der Waals surface area contributed by atoms with E-state index in [-0.39, 0.29) is 5.91 Å². The number of nitrogens with zero attached hydrogens (tertiary/aromatic N) is 2. The molecule has 6 nitrogen and oxygen atoms in total. The van der Waals surface area contributed by atoms with Crippen LogP contribution in [-0.2, 0) is 11.2 Å². The summed E-state index contributed by atoms with van der Waals surface area (Å²) in [6.07, 6.45) is 2.90. The molecule has 1 aromatic carbocycles. The molecule has 0 atom stereocenters. The molecule has 1 heterocycles. The maximum atomic E-state index is 12.0. The van der Waals surface area contributed by atoms with Crippen LogP contribution in [0.15, 0.2) is 22.5 Å². The zero-order chi connectivity index (χ0) is 16.7. The highest BCUT2D eigenvalue weighted by Crippen LogP contribution is 2.28. The summed E-state index contributed by atoms with van der Waals surface area (Å²) in [5, 5.41) is 11.2. The van der Waals surface area contributed by atoms with Crippen molar-refractivity contribution in [2.24, 2.45) is 0 Å². The molecule has 124 valence electrons. The number of carbonyl (C=O) groups is 1. The number of anilines is 1. The van der Waals surface area contributed by atoms with Gasteiger partial charge in [0, 0.05) is 6.42 Å². The van der Waals surface area contributed by atoms with Gasteiger partial charge in [-0.25, -0.2) is 0 Å². The number of rotatable bonds is 8. The van der Waals surface area contributed by atoms with Crippen molar-refractivity contribution in [2.45, 2.75) is 24.1 Å². The van der Waals surface area contributed by atoms with Crippen molar-refractivity contribution in [1.82, 2.24) is 10.2 Å². The van der Waals surface area contributed by atoms with Crippen LogP contribution in [-0.4, -0.2) is 36.1 Å². The second-order valence-corrected chi connectivity index (χ2v) is 6.57. The Morgan fingerprint density at radius 3 is 2.83 bits per heavy atom. The van der Waals surface area contributed by atoms with E-state index in [1.807, 2.05) is 31.4 Å². The average Bonchev–Trinajstić information content (AvgIpc) is 3.01. The third-order valence-corrected chi connectivity index (χ3v) is 4.81. The van der Waals surface area contributed by atoms with Gasteiger partial charge in [0.05, 0.1) is 13.7 Å². The molecule has 0 aliphatic heterocycles. The molecular weight excluding hydrogens is 334 g/mol. The SMILES string of the molecule is CCOc1ccc(CCC(=O)Nc2nnc(SC)s2)cc1OC. The van der Waals surface area contributed by atoms with Gasteiger partial charge in [-0.3, -0.25) is 4.79 Å². The minimum atomic E-state index is -0.0818. The molecule has 0 aliphatic carbocycles. The number of nitrogens with one attached hydrogen (secondary N) is 1. The first kappa shape index (κ1) is 17.6. The summed E-state index contributed by atoms with van der Waals surface area (Å²) in [6, 6.07) is 5.71. The molecule has 0 aliphatic rings. The minimum Gasteiger partial charge on any atom is -0.493 e. The number of thioether (sulfide) groups is 1. The predicted molar refractivity (Wildman–Crippen MR) is 92.8 cm³/mol. The van der Waals surface area contributed by atoms with Gasteiger partial charge in [-0.1, -0.05) is 29.2 Å². The summed E-state index contributed by atoms with van der Waals surface area (Å²) in [6.45, 7) is 2.51. The normalized spacial score (nSPS) is 10.4. The van der Waals surface area contributed by atoms with Crippen LogP contribution in [0.1, 0.15) is 18.9 Å². The molecule has 0 spiro atoms. The second-order valence-electron chi connectivity index (χ2n) is 4.54. The van der Waals surface area contributed by atoms with Gasteiger partial charge in [0.15, 0.2) is 15.8 Å². The lowest BCUT2D eigenvalue weighted by molar-refractivity contribution is -0.116. The lowest BCUT2D eigenvalue weighted by Gasteiger charge is -2.10. The number of aryl methyl sites for hydroxylation is 1. The predicted octanol–water partition coefficient (Wildman–Crippen LogP) is 3.24. The maximum Gasteiger partial charge on any atom is 0.226 e. The van der Waals surface area contributed by atoms with Crippen LogP contribution in [0.25, 0.3) is 0 Å². The Morgan fingerprint density at radius 2 is 2.17 bits per heavy atom. The van der Waals surface area contributed by atoms with E-state index in [4.69, 9.17) is 9.47 Å². The number of aromatic nitrogens is 2. The quantitative estimate of drug-likeness (QED) is 0.580. The third-order valence-electron chi connectivity index (χ3n) is 3.00. The number of amides is 1. The van der Waals surface area contributed by atoms with E-state index in [1.165, 1.54) is 23.1 Å². The Labute approximate surface area is 143 Å². The lowest BCUT2D eigenvalue weighted by atomic mass is 10.1. The Balaban J connectivity index is 1.90. The first-order valence-corrected chi connectivity index (χ1v) is 9.17. The largest absolute Gasteiger partial charge is 0.493 e. The number of ether oxygens (including phenoxy) is 2. The van der Waals surface area contributed by atoms with E-state index >= 15 is 0 Å². The number of carbonyl (C=O) groups excluding carboxylic acids is 1. The fraction of sp³-hybridized carbons (Fsp3) is 0.400. The van der Waals surface area contributed by atoms with Crippen molar-refractivity contribution in [3.05, 3.63) is 23.8 Å². The molecule has 0 saturated heterocycles. The van der Waals surface area contributed by atoms with Crippen LogP contribution in [0.4, 0.5) is 5.13 Å². The highest BCUT2D eigenvalue weighted by atomic mass is 32.2. The number of benzene rings is 1.